The molecule has 0 amide bonds. The lowest BCUT2D eigenvalue weighted by Crippen LogP contribution is -1.99. The van der Waals surface area contributed by atoms with Gasteiger partial charge in [-0.05, 0) is 19.1 Å². The van der Waals surface area contributed by atoms with E-state index in [1.807, 2.05) is 41.1 Å². The zero-order valence-electron chi connectivity index (χ0n) is 9.60. The fraction of sp³-hybridized carbons (Fsp3) is 0.231. The Morgan fingerprint density at radius 1 is 1.19 bits per heavy atom. The first-order valence-electron chi connectivity index (χ1n) is 5.36. The molecule has 0 atom stereocenters. The molecule has 0 spiro atoms. The lowest BCUT2D eigenvalue weighted by molar-refractivity contribution is 0.416. The molecule has 3 nitrogen and oxygen atoms in total. The topological polar surface area (TPSA) is 40.2 Å². The van der Waals surface area contributed by atoms with E-state index in [2.05, 4.69) is 6.92 Å². The molecule has 0 fully saturated rings. The zero-order valence-corrected chi connectivity index (χ0v) is 9.60. The number of rotatable bonds is 3. The molecule has 1 aromatic carbocycles. The van der Waals surface area contributed by atoms with Crippen LogP contribution < -0.4 is 10.5 Å². The molecule has 2 rings (SSSR count). The fourth-order valence-electron chi connectivity index (χ4n) is 1.86. The predicted octanol–water partition coefficient (Wildman–Crippen LogP) is 2.77. The van der Waals surface area contributed by atoms with E-state index in [4.69, 9.17) is 10.5 Å². The van der Waals surface area contributed by atoms with Crippen LogP contribution in [0.15, 0.2) is 36.5 Å². The van der Waals surface area contributed by atoms with Gasteiger partial charge >= 0.3 is 0 Å². The normalized spacial score (nSPS) is 10.4. The summed E-state index contributed by atoms with van der Waals surface area (Å²) in [6.45, 7) is 2.95. The third-order valence-corrected chi connectivity index (χ3v) is 2.74. The van der Waals surface area contributed by atoms with Crippen molar-refractivity contribution in [2.75, 3.05) is 12.8 Å². The lowest BCUT2D eigenvalue weighted by atomic mass is 10.1. The molecule has 0 saturated heterocycles. The summed E-state index contributed by atoms with van der Waals surface area (Å²) in [7, 11) is 1.67. The van der Waals surface area contributed by atoms with Crippen LogP contribution in [0, 0.1) is 0 Å². The van der Waals surface area contributed by atoms with Crippen LogP contribution in [0.25, 0.3) is 11.1 Å². The maximum absolute atomic E-state index is 6.08. The third kappa shape index (κ3) is 1.65. The van der Waals surface area contributed by atoms with Gasteiger partial charge in [-0.2, -0.15) is 0 Å². The number of aryl methyl sites for hydroxylation is 1. The highest BCUT2D eigenvalue weighted by atomic mass is 16.5. The van der Waals surface area contributed by atoms with Crippen molar-refractivity contribution >= 4 is 5.82 Å². The number of aromatic nitrogens is 1. The van der Waals surface area contributed by atoms with Crippen molar-refractivity contribution in [3.05, 3.63) is 36.5 Å². The largest absolute Gasteiger partial charge is 0.496 e. The van der Waals surface area contributed by atoms with Gasteiger partial charge in [0.25, 0.3) is 0 Å². The number of hydrogen-bond acceptors (Lipinski definition) is 2. The molecule has 0 bridgehead atoms. The molecule has 0 radical (unpaired) electrons. The molecule has 3 heteroatoms. The van der Waals surface area contributed by atoms with Crippen LogP contribution in [0.2, 0.25) is 0 Å². The van der Waals surface area contributed by atoms with Crippen molar-refractivity contribution in [3.8, 4) is 16.9 Å². The van der Waals surface area contributed by atoms with Crippen molar-refractivity contribution in [2.24, 2.45) is 0 Å². The number of nitrogens with two attached hydrogens (primary N) is 1. The summed E-state index contributed by atoms with van der Waals surface area (Å²) in [4.78, 5) is 0. The van der Waals surface area contributed by atoms with Crippen molar-refractivity contribution < 1.29 is 4.74 Å². The van der Waals surface area contributed by atoms with Gasteiger partial charge in [-0.15, -0.1) is 0 Å². The smallest absolute Gasteiger partial charge is 0.126 e. The second kappa shape index (κ2) is 4.31. The highest BCUT2D eigenvalue weighted by Crippen LogP contribution is 2.33. The van der Waals surface area contributed by atoms with E-state index >= 15 is 0 Å². The molecule has 0 aliphatic rings. The number of para-hydroxylation sites is 1. The molecular formula is C13H16N2O. The molecule has 1 heterocycles. The first-order chi connectivity index (χ1) is 7.77. The Kier molecular flexibility index (Phi) is 2.86. The Bertz CT molecular complexity index is 488. The average molecular weight is 216 g/mol. The van der Waals surface area contributed by atoms with Gasteiger partial charge < -0.3 is 15.0 Å². The number of ether oxygens (including phenoxy) is 1. The third-order valence-electron chi connectivity index (χ3n) is 2.74. The van der Waals surface area contributed by atoms with Gasteiger partial charge in [-0.1, -0.05) is 18.2 Å². The second-order valence-electron chi connectivity index (χ2n) is 3.60. The minimum absolute atomic E-state index is 0.784. The zero-order chi connectivity index (χ0) is 11.5. The maximum atomic E-state index is 6.08. The maximum Gasteiger partial charge on any atom is 0.126 e. The molecule has 2 aromatic rings. The number of methoxy groups -OCH3 is 1. The molecular weight excluding hydrogens is 200 g/mol. The Labute approximate surface area is 95.5 Å². The monoisotopic (exact) mass is 216 g/mol. The van der Waals surface area contributed by atoms with Crippen LogP contribution in [0.5, 0.6) is 5.75 Å². The predicted molar refractivity (Wildman–Crippen MR) is 66.5 cm³/mol. The number of nitrogens with zero attached hydrogens (tertiary/aromatic N) is 1. The Hall–Kier alpha value is -1.90. The van der Waals surface area contributed by atoms with Gasteiger partial charge in [0.1, 0.15) is 11.6 Å². The molecule has 0 unspecified atom stereocenters. The van der Waals surface area contributed by atoms with Crippen molar-refractivity contribution in [3.63, 3.8) is 0 Å². The van der Waals surface area contributed by atoms with Gasteiger partial charge in [-0.25, -0.2) is 0 Å². The summed E-state index contributed by atoms with van der Waals surface area (Å²) >= 11 is 0. The molecule has 84 valence electrons. The van der Waals surface area contributed by atoms with Gasteiger partial charge in [0, 0.05) is 23.9 Å². The van der Waals surface area contributed by atoms with E-state index in [9.17, 15) is 0 Å². The van der Waals surface area contributed by atoms with Crippen molar-refractivity contribution in [2.45, 2.75) is 13.5 Å². The average Bonchev–Trinajstić information content (AvgIpc) is 2.70. The standard InChI is InChI=1S/C13H16N2O/c1-3-15-9-8-11(13(15)14)10-6-4-5-7-12(10)16-2/h4-9H,3,14H2,1-2H3. The van der Waals surface area contributed by atoms with Crippen LogP contribution in [-0.2, 0) is 6.54 Å². The summed E-state index contributed by atoms with van der Waals surface area (Å²) in [5.41, 5.74) is 8.14. The highest BCUT2D eigenvalue weighted by Gasteiger charge is 2.10. The van der Waals surface area contributed by atoms with E-state index in [-0.39, 0.29) is 0 Å². The van der Waals surface area contributed by atoms with Gasteiger partial charge in [0.2, 0.25) is 0 Å². The van der Waals surface area contributed by atoms with Crippen LogP contribution >= 0.6 is 0 Å². The second-order valence-corrected chi connectivity index (χ2v) is 3.60. The van der Waals surface area contributed by atoms with Crippen molar-refractivity contribution in [1.29, 1.82) is 0 Å². The molecule has 16 heavy (non-hydrogen) atoms. The van der Waals surface area contributed by atoms with Gasteiger partial charge in [0.15, 0.2) is 0 Å². The van der Waals surface area contributed by atoms with Crippen molar-refractivity contribution in [1.82, 2.24) is 4.57 Å². The van der Waals surface area contributed by atoms with Gasteiger partial charge in [-0.3, -0.25) is 0 Å². The summed E-state index contributed by atoms with van der Waals surface area (Å²) < 4.78 is 7.35. The molecule has 2 N–H and O–H groups in total. The summed E-state index contributed by atoms with van der Waals surface area (Å²) in [5.74, 6) is 1.63. The number of nitrogen functional groups attached to an aromatic ring is 1. The van der Waals surface area contributed by atoms with E-state index in [0.29, 0.717) is 0 Å². The van der Waals surface area contributed by atoms with Crippen LogP contribution in [0.3, 0.4) is 0 Å². The first-order valence-corrected chi connectivity index (χ1v) is 5.36. The van der Waals surface area contributed by atoms with E-state index in [0.717, 1.165) is 29.2 Å². The summed E-state index contributed by atoms with van der Waals surface area (Å²) in [6, 6.07) is 9.93. The minimum Gasteiger partial charge on any atom is -0.496 e. The van der Waals surface area contributed by atoms with Crippen LogP contribution in [-0.4, -0.2) is 11.7 Å². The number of anilines is 1. The molecule has 0 aliphatic heterocycles. The molecule has 0 aliphatic carbocycles. The fourth-order valence-corrected chi connectivity index (χ4v) is 1.86. The molecule has 1 aromatic heterocycles. The van der Waals surface area contributed by atoms with E-state index in [1.165, 1.54) is 0 Å². The SMILES string of the molecule is CCn1ccc(-c2ccccc2OC)c1N. The highest BCUT2D eigenvalue weighted by molar-refractivity contribution is 5.79. The Balaban J connectivity index is 2.54. The van der Waals surface area contributed by atoms with Crippen LogP contribution in [0.4, 0.5) is 5.82 Å². The summed E-state index contributed by atoms with van der Waals surface area (Å²) in [6.07, 6.45) is 2.00. The van der Waals surface area contributed by atoms with Gasteiger partial charge in [0.05, 0.1) is 7.11 Å². The minimum atomic E-state index is 0.784. The number of hydrogen-bond donors (Lipinski definition) is 1. The lowest BCUT2D eigenvalue weighted by Gasteiger charge is -2.08. The van der Waals surface area contributed by atoms with E-state index < -0.39 is 0 Å². The number of benzene rings is 1. The van der Waals surface area contributed by atoms with Crippen LogP contribution in [0.1, 0.15) is 6.92 Å². The molecule has 0 saturated carbocycles. The Morgan fingerprint density at radius 3 is 2.56 bits per heavy atom. The summed E-state index contributed by atoms with van der Waals surface area (Å²) in [5, 5.41) is 0. The van der Waals surface area contributed by atoms with E-state index in [1.54, 1.807) is 7.11 Å². The first kappa shape index (κ1) is 10.6. The Morgan fingerprint density at radius 2 is 1.94 bits per heavy atom. The quantitative estimate of drug-likeness (QED) is 0.857.